The highest BCUT2D eigenvalue weighted by Crippen LogP contribution is 2.46. The van der Waals surface area contributed by atoms with Crippen molar-refractivity contribution >= 4 is 12.2 Å². The van der Waals surface area contributed by atoms with E-state index >= 15 is 0 Å². The lowest BCUT2D eigenvalue weighted by atomic mass is 9.78. The van der Waals surface area contributed by atoms with Crippen LogP contribution in [0.15, 0.2) is 279 Å². The smallest absolute Gasteiger partial charge is 0.189 e. The van der Waals surface area contributed by atoms with Gasteiger partial charge in [0.15, 0.2) is 4.77 Å². The first-order valence-corrected chi connectivity index (χ1v) is 25.4. The molecular formula is C69H56N2S. The number of benzene rings is 10. The minimum absolute atomic E-state index is 0.106. The first kappa shape index (κ1) is 46.0. The highest BCUT2D eigenvalue weighted by atomic mass is 32.1. The second kappa shape index (κ2) is 20.9. The summed E-state index contributed by atoms with van der Waals surface area (Å²) in [5.74, 6) is -0.426. The van der Waals surface area contributed by atoms with Crippen LogP contribution in [0, 0.1) is 18.6 Å². The van der Waals surface area contributed by atoms with E-state index in [0.717, 1.165) is 11.4 Å². The van der Waals surface area contributed by atoms with Gasteiger partial charge < -0.3 is 0 Å². The van der Waals surface area contributed by atoms with Crippen LogP contribution in [0.25, 0.3) is 11.4 Å². The Balaban J connectivity index is 1.26. The van der Waals surface area contributed by atoms with E-state index in [1.807, 2.05) is 0 Å². The maximum Gasteiger partial charge on any atom is 0.189 e. The number of imidazole rings is 1. The summed E-state index contributed by atoms with van der Waals surface area (Å²) in [6.07, 6.45) is 4.46. The van der Waals surface area contributed by atoms with Crippen molar-refractivity contribution in [1.82, 2.24) is 9.13 Å². The topological polar surface area (TPSA) is 9.86 Å². The molecule has 0 unspecified atom stereocenters. The number of aryl methyl sites for hydroxylation is 2. The molecular weight excluding hydrogens is 889 g/mol. The molecule has 0 aliphatic carbocycles. The summed E-state index contributed by atoms with van der Waals surface area (Å²) in [7, 11) is 0. The number of aromatic nitrogens is 2. The average molecular weight is 945 g/mol. The Morgan fingerprint density at radius 1 is 0.264 bits per heavy atom. The molecule has 0 radical (unpaired) electrons. The third-order valence-electron chi connectivity index (χ3n) is 14.2. The van der Waals surface area contributed by atoms with Gasteiger partial charge in [0.25, 0.3) is 0 Å². The Labute approximate surface area is 429 Å². The zero-order valence-electron chi connectivity index (χ0n) is 40.7. The van der Waals surface area contributed by atoms with Crippen molar-refractivity contribution < 1.29 is 0 Å². The van der Waals surface area contributed by atoms with E-state index in [1.54, 1.807) is 0 Å². The van der Waals surface area contributed by atoms with E-state index in [-0.39, 0.29) is 23.7 Å². The Hall–Kier alpha value is -8.37. The van der Waals surface area contributed by atoms with Gasteiger partial charge in [-0.25, -0.2) is 0 Å². The molecule has 1 heterocycles. The van der Waals surface area contributed by atoms with E-state index in [2.05, 4.69) is 302 Å². The maximum atomic E-state index is 7.10. The van der Waals surface area contributed by atoms with E-state index < -0.39 is 0 Å². The molecule has 0 fully saturated rings. The fraction of sp³-hybridized carbons (Fsp3) is 0.0870. The molecule has 0 N–H and O–H groups in total. The van der Waals surface area contributed by atoms with Crippen molar-refractivity contribution in [3.8, 4) is 11.4 Å². The van der Waals surface area contributed by atoms with Crippen LogP contribution < -0.4 is 0 Å². The van der Waals surface area contributed by atoms with Crippen LogP contribution in [0.5, 0.6) is 0 Å². The number of rotatable bonds is 14. The lowest BCUT2D eigenvalue weighted by Gasteiger charge is -2.30. The number of hydrogen-bond acceptors (Lipinski definition) is 1. The first-order chi connectivity index (χ1) is 35.5. The van der Waals surface area contributed by atoms with Crippen LogP contribution in [0.4, 0.5) is 0 Å². The fourth-order valence-electron chi connectivity index (χ4n) is 11.2. The highest BCUT2D eigenvalue weighted by molar-refractivity contribution is 7.71. The summed E-state index contributed by atoms with van der Waals surface area (Å²) in [5.41, 5.74) is 19.0. The molecule has 0 aliphatic rings. The molecule has 3 heteroatoms. The van der Waals surface area contributed by atoms with E-state index in [4.69, 9.17) is 12.2 Å². The molecule has 0 saturated carbocycles. The second-order valence-corrected chi connectivity index (χ2v) is 19.3. The number of nitrogens with zero attached hydrogens (tertiary/aromatic N) is 2. The molecule has 72 heavy (non-hydrogen) atoms. The van der Waals surface area contributed by atoms with Gasteiger partial charge in [0, 0.05) is 36.1 Å². The lowest BCUT2D eigenvalue weighted by Crippen LogP contribution is -2.17. The molecule has 0 bridgehead atoms. The van der Waals surface area contributed by atoms with E-state index in [0.29, 0.717) is 4.77 Å². The highest BCUT2D eigenvalue weighted by Gasteiger charge is 2.32. The van der Waals surface area contributed by atoms with Crippen molar-refractivity contribution in [2.24, 2.45) is 0 Å². The summed E-state index contributed by atoms with van der Waals surface area (Å²) in [6.45, 7) is 4.49. The molecule has 2 nitrogen and oxygen atoms in total. The van der Waals surface area contributed by atoms with Crippen LogP contribution >= 0.6 is 12.2 Å². The third-order valence-corrected chi connectivity index (χ3v) is 14.6. The van der Waals surface area contributed by atoms with Gasteiger partial charge in [-0.3, -0.25) is 9.13 Å². The van der Waals surface area contributed by atoms with E-state index in [9.17, 15) is 0 Å². The van der Waals surface area contributed by atoms with Gasteiger partial charge in [-0.15, -0.1) is 0 Å². The van der Waals surface area contributed by atoms with Crippen LogP contribution in [0.2, 0.25) is 0 Å². The molecule has 0 aliphatic heterocycles. The van der Waals surface area contributed by atoms with Crippen molar-refractivity contribution in [1.29, 1.82) is 0 Å². The van der Waals surface area contributed by atoms with Crippen molar-refractivity contribution in [2.75, 3.05) is 0 Å². The molecule has 11 aromatic rings. The SMILES string of the molecule is Cc1cc(C(c2ccccc2)c2ccccc2)c(-n2ccn(-c3c(C(c4ccccc4)c4ccccc4)cc(C)cc3C(c3ccccc3)c3ccccc3)c2=S)c(C(c2ccccc2)c2ccccc2)c1. The predicted octanol–water partition coefficient (Wildman–Crippen LogP) is 17.3. The quantitative estimate of drug-likeness (QED) is 0.0780. The Bertz CT molecular complexity index is 2990. The van der Waals surface area contributed by atoms with Gasteiger partial charge >= 0.3 is 0 Å². The van der Waals surface area contributed by atoms with Crippen LogP contribution in [0.3, 0.4) is 0 Å². The maximum absolute atomic E-state index is 7.10. The molecule has 0 spiro atoms. The van der Waals surface area contributed by atoms with Crippen LogP contribution in [0.1, 0.15) is 102 Å². The summed E-state index contributed by atoms with van der Waals surface area (Å²) in [5, 5.41) is 0. The van der Waals surface area contributed by atoms with Gasteiger partial charge in [-0.05, 0) is 92.8 Å². The van der Waals surface area contributed by atoms with Crippen molar-refractivity contribution in [3.63, 3.8) is 0 Å². The largest absolute Gasteiger partial charge is 0.292 e. The van der Waals surface area contributed by atoms with Gasteiger partial charge in [-0.2, -0.15) is 0 Å². The summed E-state index contributed by atoms with van der Waals surface area (Å²) in [4.78, 5) is 0. The molecule has 348 valence electrons. The molecule has 10 aromatic carbocycles. The first-order valence-electron chi connectivity index (χ1n) is 25.0. The predicted molar refractivity (Wildman–Crippen MR) is 301 cm³/mol. The zero-order valence-corrected chi connectivity index (χ0v) is 41.5. The molecule has 11 rings (SSSR count). The van der Waals surface area contributed by atoms with Crippen LogP contribution in [-0.2, 0) is 0 Å². The van der Waals surface area contributed by atoms with Crippen molar-refractivity contribution in [3.05, 3.63) is 362 Å². The Kier molecular flexibility index (Phi) is 13.4. The summed E-state index contributed by atoms with van der Waals surface area (Å²) < 4.78 is 5.34. The fourth-order valence-corrected chi connectivity index (χ4v) is 11.5. The average Bonchev–Trinajstić information content (AvgIpc) is 3.80. The monoisotopic (exact) mass is 944 g/mol. The van der Waals surface area contributed by atoms with Gasteiger partial charge in [0.2, 0.25) is 0 Å². The van der Waals surface area contributed by atoms with E-state index in [1.165, 1.54) is 77.9 Å². The van der Waals surface area contributed by atoms with Crippen LogP contribution in [-0.4, -0.2) is 9.13 Å². The molecule has 0 atom stereocenters. The second-order valence-electron chi connectivity index (χ2n) is 18.9. The summed E-state index contributed by atoms with van der Waals surface area (Å²) >= 11 is 7.10. The standard InChI is InChI=1S/C69H56N2S/c1-49-45-59(63(51-27-11-3-12-28-51)52-29-13-4-14-30-52)67(60(46-49)64(53-31-15-5-16-32-53)54-33-17-6-18-34-54)70-43-44-71(69(70)72)68-61(65(55-35-19-7-20-36-55)56-37-21-8-22-38-56)47-50(2)48-62(68)66(57-39-23-9-24-40-57)58-41-25-10-26-42-58/h3-48,63-66H,1-2H3. The third kappa shape index (κ3) is 9.23. The van der Waals surface area contributed by atoms with Gasteiger partial charge in [0.1, 0.15) is 0 Å². The van der Waals surface area contributed by atoms with Gasteiger partial charge in [-0.1, -0.05) is 278 Å². The minimum Gasteiger partial charge on any atom is -0.292 e. The lowest BCUT2D eigenvalue weighted by molar-refractivity contribution is 0.846. The Morgan fingerprint density at radius 2 is 0.431 bits per heavy atom. The zero-order chi connectivity index (χ0) is 48.8. The summed E-state index contributed by atoms with van der Waals surface area (Å²) in [6, 6.07) is 97.3. The molecule has 0 amide bonds. The van der Waals surface area contributed by atoms with Gasteiger partial charge in [0.05, 0.1) is 11.4 Å². The number of hydrogen-bond donors (Lipinski definition) is 0. The Morgan fingerprint density at radius 3 is 0.597 bits per heavy atom. The normalized spacial score (nSPS) is 11.5. The van der Waals surface area contributed by atoms with Crippen molar-refractivity contribution in [2.45, 2.75) is 37.5 Å². The molecule has 1 aromatic heterocycles. The minimum atomic E-state index is -0.106. The molecule has 0 saturated heterocycles.